The number of halogens is 1. The smallest absolute Gasteiger partial charge is 0.240 e. The van der Waals surface area contributed by atoms with E-state index >= 15 is 0 Å². The van der Waals surface area contributed by atoms with Crippen molar-refractivity contribution >= 4 is 15.7 Å². The summed E-state index contributed by atoms with van der Waals surface area (Å²) in [5.74, 6) is 0.436. The van der Waals surface area contributed by atoms with E-state index < -0.39 is 15.8 Å². The maximum atomic E-state index is 13.3. The Morgan fingerprint density at radius 3 is 2.76 bits per heavy atom. The van der Waals surface area contributed by atoms with Crippen LogP contribution in [0.1, 0.15) is 38.2 Å². The third-order valence-corrected chi connectivity index (χ3v) is 5.76. The molecule has 1 saturated carbocycles. The van der Waals surface area contributed by atoms with Gasteiger partial charge in [0.1, 0.15) is 5.82 Å². The van der Waals surface area contributed by atoms with Gasteiger partial charge in [0.05, 0.1) is 10.6 Å². The van der Waals surface area contributed by atoms with Crippen LogP contribution in [0, 0.1) is 24.6 Å². The second-order valence-corrected chi connectivity index (χ2v) is 7.86. The molecule has 1 aromatic carbocycles. The maximum absolute atomic E-state index is 13.3. The van der Waals surface area contributed by atoms with Gasteiger partial charge in [0.25, 0.3) is 0 Å². The topological polar surface area (TPSA) is 72.2 Å². The Labute approximate surface area is 126 Å². The lowest BCUT2D eigenvalue weighted by Gasteiger charge is -2.26. The largest absolute Gasteiger partial charge is 0.396 e. The third kappa shape index (κ3) is 3.95. The van der Waals surface area contributed by atoms with Crippen molar-refractivity contribution in [3.8, 4) is 0 Å². The molecule has 6 heteroatoms. The van der Waals surface area contributed by atoms with Gasteiger partial charge in [-0.2, -0.15) is 0 Å². The van der Waals surface area contributed by atoms with Crippen molar-refractivity contribution in [3.63, 3.8) is 0 Å². The zero-order valence-corrected chi connectivity index (χ0v) is 13.3. The molecule has 0 aliphatic heterocycles. The van der Waals surface area contributed by atoms with Crippen molar-refractivity contribution < 1.29 is 12.8 Å². The highest BCUT2D eigenvalue weighted by Gasteiger charge is 2.23. The van der Waals surface area contributed by atoms with Crippen LogP contribution < -0.4 is 10.5 Å². The number of nitrogen functional groups attached to an aromatic ring is 1. The van der Waals surface area contributed by atoms with Crippen molar-refractivity contribution in [2.75, 3.05) is 12.3 Å². The van der Waals surface area contributed by atoms with Gasteiger partial charge in [-0.05, 0) is 49.3 Å². The van der Waals surface area contributed by atoms with E-state index in [9.17, 15) is 12.8 Å². The van der Waals surface area contributed by atoms with Gasteiger partial charge >= 0.3 is 0 Å². The van der Waals surface area contributed by atoms with Gasteiger partial charge in [-0.15, -0.1) is 0 Å². The molecule has 2 atom stereocenters. The molecule has 0 spiro atoms. The summed E-state index contributed by atoms with van der Waals surface area (Å²) in [5, 5.41) is 0. The van der Waals surface area contributed by atoms with E-state index in [1.807, 2.05) is 0 Å². The molecule has 1 fully saturated rings. The van der Waals surface area contributed by atoms with Gasteiger partial charge < -0.3 is 5.73 Å². The van der Waals surface area contributed by atoms with Crippen molar-refractivity contribution in [2.45, 2.75) is 44.4 Å². The number of benzene rings is 1. The quantitative estimate of drug-likeness (QED) is 0.839. The Bertz CT molecular complexity index is 616. The third-order valence-electron chi connectivity index (χ3n) is 4.19. The molecule has 0 bridgehead atoms. The molecule has 0 radical (unpaired) electrons. The predicted octanol–water partition coefficient (Wildman–Crippen LogP) is 2.82. The molecule has 1 aromatic rings. The molecule has 21 heavy (non-hydrogen) atoms. The first kappa shape index (κ1) is 16.2. The number of anilines is 1. The summed E-state index contributed by atoms with van der Waals surface area (Å²) in [6.45, 7) is 4.20. The van der Waals surface area contributed by atoms with E-state index in [1.54, 1.807) is 6.92 Å². The lowest BCUT2D eigenvalue weighted by molar-refractivity contribution is 0.283. The van der Waals surface area contributed by atoms with Crippen LogP contribution in [0.4, 0.5) is 10.1 Å². The second-order valence-electron chi connectivity index (χ2n) is 6.13. The molecular weight excluding hydrogens is 291 g/mol. The number of hydrogen-bond acceptors (Lipinski definition) is 3. The number of aryl methyl sites for hydroxylation is 1. The zero-order chi connectivity index (χ0) is 15.6. The highest BCUT2D eigenvalue weighted by Crippen LogP contribution is 2.28. The van der Waals surface area contributed by atoms with Gasteiger partial charge in [-0.1, -0.05) is 19.8 Å². The summed E-state index contributed by atoms with van der Waals surface area (Å²) in [5.41, 5.74) is 5.70. The average Bonchev–Trinajstić information content (AvgIpc) is 2.41. The Hall–Kier alpha value is -1.14. The molecular formula is C15H23FN2O2S. The lowest BCUT2D eigenvalue weighted by atomic mass is 9.83. The minimum Gasteiger partial charge on any atom is -0.396 e. The molecule has 2 unspecified atom stereocenters. The highest BCUT2D eigenvalue weighted by atomic mass is 32.2. The lowest BCUT2D eigenvalue weighted by Crippen LogP contribution is -2.32. The zero-order valence-electron chi connectivity index (χ0n) is 12.5. The van der Waals surface area contributed by atoms with E-state index in [2.05, 4.69) is 11.6 Å². The average molecular weight is 314 g/mol. The summed E-state index contributed by atoms with van der Waals surface area (Å²) < 4.78 is 40.7. The van der Waals surface area contributed by atoms with Crippen molar-refractivity contribution in [1.29, 1.82) is 0 Å². The minimum absolute atomic E-state index is 0.0604. The normalized spacial score (nSPS) is 23.2. The minimum atomic E-state index is -3.64. The van der Waals surface area contributed by atoms with Crippen LogP contribution in [-0.2, 0) is 10.0 Å². The molecule has 0 saturated heterocycles. The van der Waals surface area contributed by atoms with Crippen LogP contribution in [0.15, 0.2) is 17.0 Å². The molecule has 118 valence electrons. The molecule has 3 N–H and O–H groups in total. The van der Waals surface area contributed by atoms with Gasteiger partial charge in [-0.3, -0.25) is 0 Å². The summed E-state index contributed by atoms with van der Waals surface area (Å²) in [7, 11) is -3.64. The standard InChI is InChI=1S/C15H23FN2O2S/c1-10-4-3-5-12(6-10)9-18-21(19,20)15-8-14(17)13(16)7-11(15)2/h7-8,10,12,18H,3-6,9,17H2,1-2H3. The van der Waals surface area contributed by atoms with Crippen LogP contribution in [0.5, 0.6) is 0 Å². The summed E-state index contributed by atoms with van der Waals surface area (Å²) in [6, 6.07) is 2.35. The van der Waals surface area contributed by atoms with Crippen LogP contribution >= 0.6 is 0 Å². The highest BCUT2D eigenvalue weighted by molar-refractivity contribution is 7.89. The summed E-state index contributed by atoms with van der Waals surface area (Å²) >= 11 is 0. The predicted molar refractivity (Wildman–Crippen MR) is 81.9 cm³/mol. The number of sulfonamides is 1. The fourth-order valence-corrected chi connectivity index (χ4v) is 4.38. The molecule has 0 aromatic heterocycles. The van der Waals surface area contributed by atoms with Crippen molar-refractivity contribution in [2.24, 2.45) is 11.8 Å². The van der Waals surface area contributed by atoms with E-state index in [1.165, 1.54) is 12.5 Å². The number of nitrogens with one attached hydrogen (secondary N) is 1. The fourth-order valence-electron chi connectivity index (χ4n) is 3.01. The van der Waals surface area contributed by atoms with Gasteiger partial charge in [0.2, 0.25) is 10.0 Å². The van der Waals surface area contributed by atoms with Gasteiger partial charge in [0.15, 0.2) is 0 Å². The Balaban J connectivity index is 2.10. The number of hydrogen-bond donors (Lipinski definition) is 2. The van der Waals surface area contributed by atoms with Crippen molar-refractivity contribution in [3.05, 3.63) is 23.5 Å². The SMILES string of the molecule is Cc1cc(F)c(N)cc1S(=O)(=O)NCC1CCCC(C)C1. The number of nitrogens with two attached hydrogens (primary N) is 1. The second kappa shape index (κ2) is 6.32. The molecule has 4 nitrogen and oxygen atoms in total. The van der Waals surface area contributed by atoms with E-state index in [4.69, 9.17) is 5.73 Å². The van der Waals surface area contributed by atoms with Gasteiger partial charge in [0, 0.05) is 6.54 Å². The summed E-state index contributed by atoms with van der Waals surface area (Å²) in [6.07, 6.45) is 4.47. The Morgan fingerprint density at radius 1 is 1.38 bits per heavy atom. The fraction of sp³-hybridized carbons (Fsp3) is 0.600. The molecule has 0 amide bonds. The first-order valence-corrected chi connectivity index (χ1v) is 8.83. The van der Waals surface area contributed by atoms with Crippen LogP contribution in [0.25, 0.3) is 0 Å². The van der Waals surface area contributed by atoms with Gasteiger partial charge in [-0.25, -0.2) is 17.5 Å². The monoisotopic (exact) mass is 314 g/mol. The molecule has 1 aliphatic rings. The van der Waals surface area contributed by atoms with E-state index in [0.29, 0.717) is 23.9 Å². The van der Waals surface area contributed by atoms with Crippen LogP contribution in [0.2, 0.25) is 0 Å². The van der Waals surface area contributed by atoms with Crippen molar-refractivity contribution in [1.82, 2.24) is 4.72 Å². The molecule has 0 heterocycles. The maximum Gasteiger partial charge on any atom is 0.240 e. The van der Waals surface area contributed by atoms with Crippen LogP contribution in [-0.4, -0.2) is 15.0 Å². The van der Waals surface area contributed by atoms with Crippen LogP contribution in [0.3, 0.4) is 0 Å². The first-order valence-electron chi connectivity index (χ1n) is 7.35. The Morgan fingerprint density at radius 2 is 2.10 bits per heavy atom. The molecule has 1 aliphatic carbocycles. The van der Waals surface area contributed by atoms with E-state index in [0.717, 1.165) is 25.3 Å². The Kier molecular flexibility index (Phi) is 4.88. The number of rotatable bonds is 4. The van der Waals surface area contributed by atoms with E-state index in [-0.39, 0.29) is 10.6 Å². The molecule has 2 rings (SSSR count). The summed E-state index contributed by atoms with van der Waals surface area (Å²) in [4.78, 5) is 0.0604. The first-order chi connectivity index (χ1) is 9.79.